The van der Waals surface area contributed by atoms with Crippen molar-refractivity contribution in [3.05, 3.63) is 97.1 Å². The summed E-state index contributed by atoms with van der Waals surface area (Å²) in [7, 11) is 0. The van der Waals surface area contributed by atoms with Gasteiger partial charge in [-0.3, -0.25) is 9.79 Å². The normalized spacial score (nSPS) is 13.2. The Hall–Kier alpha value is -2.96. The van der Waals surface area contributed by atoms with Crippen LogP contribution < -0.4 is 5.32 Å². The van der Waals surface area contributed by atoms with Crippen molar-refractivity contribution in [2.45, 2.75) is 53.4 Å². The second-order valence-electron chi connectivity index (χ2n) is 9.59. The van der Waals surface area contributed by atoms with E-state index in [0.717, 1.165) is 62.6 Å². The molecule has 4 aromatic rings. The highest BCUT2D eigenvalue weighted by Crippen LogP contribution is 2.39. The number of aliphatic imine (C=N–C) groups is 1. The summed E-state index contributed by atoms with van der Waals surface area (Å²) in [5.74, 6) is -0.0282. The lowest BCUT2D eigenvalue weighted by Crippen LogP contribution is -2.17. The first-order valence-corrected chi connectivity index (χ1v) is 13.9. The Morgan fingerprint density at radius 1 is 1.00 bits per heavy atom. The molecule has 184 valence electrons. The minimum atomic E-state index is -0.0282. The van der Waals surface area contributed by atoms with E-state index in [9.17, 15) is 4.79 Å². The summed E-state index contributed by atoms with van der Waals surface area (Å²) >= 11 is 5.39. The van der Waals surface area contributed by atoms with E-state index in [-0.39, 0.29) is 5.91 Å². The van der Waals surface area contributed by atoms with E-state index < -0.39 is 0 Å². The van der Waals surface area contributed by atoms with Crippen molar-refractivity contribution in [2.75, 3.05) is 5.32 Å². The molecule has 36 heavy (non-hydrogen) atoms. The van der Waals surface area contributed by atoms with Crippen LogP contribution in [0.3, 0.4) is 0 Å². The number of benzene rings is 2. The SMILES string of the molecule is Cc1ccc(NC(=O)c2c(-n3c(C)cc(C=Nc4ccc(C)cc4Br)c3C)sc3c2CCCC3)cc1. The quantitative estimate of drug-likeness (QED) is 0.245. The van der Waals surface area contributed by atoms with E-state index in [0.29, 0.717) is 0 Å². The van der Waals surface area contributed by atoms with Crippen LogP contribution in [0.5, 0.6) is 0 Å². The van der Waals surface area contributed by atoms with E-state index in [1.165, 1.54) is 28.0 Å². The average Bonchev–Trinajstić information content (AvgIpc) is 3.36. The Kier molecular flexibility index (Phi) is 7.00. The molecule has 6 heteroatoms. The van der Waals surface area contributed by atoms with Crippen LogP contribution in [-0.4, -0.2) is 16.7 Å². The summed E-state index contributed by atoms with van der Waals surface area (Å²) in [4.78, 5) is 19.8. The lowest BCUT2D eigenvalue weighted by atomic mass is 9.95. The molecule has 0 saturated heterocycles. The van der Waals surface area contributed by atoms with Crippen LogP contribution in [0.2, 0.25) is 0 Å². The highest BCUT2D eigenvalue weighted by atomic mass is 79.9. The monoisotopic (exact) mass is 559 g/mol. The summed E-state index contributed by atoms with van der Waals surface area (Å²) in [5, 5.41) is 4.17. The van der Waals surface area contributed by atoms with E-state index in [1.54, 1.807) is 11.3 Å². The third kappa shape index (κ3) is 4.84. The molecule has 1 aliphatic rings. The molecule has 4 nitrogen and oxygen atoms in total. The van der Waals surface area contributed by atoms with Gasteiger partial charge in [-0.25, -0.2) is 0 Å². The van der Waals surface area contributed by atoms with Gasteiger partial charge >= 0.3 is 0 Å². The molecule has 2 aromatic carbocycles. The van der Waals surface area contributed by atoms with Gasteiger partial charge in [0.25, 0.3) is 5.91 Å². The van der Waals surface area contributed by atoms with E-state index in [2.05, 4.69) is 71.7 Å². The van der Waals surface area contributed by atoms with Gasteiger partial charge in [-0.2, -0.15) is 0 Å². The molecule has 0 spiro atoms. The van der Waals surface area contributed by atoms with Crippen LogP contribution in [0, 0.1) is 27.7 Å². The number of nitrogens with one attached hydrogen (secondary N) is 1. The third-order valence-corrected chi connectivity index (χ3v) is 8.72. The highest BCUT2D eigenvalue weighted by Gasteiger charge is 2.28. The van der Waals surface area contributed by atoms with Gasteiger partial charge in [-0.05, 0) is 111 Å². The van der Waals surface area contributed by atoms with Gasteiger partial charge in [0.2, 0.25) is 0 Å². The topological polar surface area (TPSA) is 46.4 Å². The van der Waals surface area contributed by atoms with E-state index in [1.807, 2.05) is 36.5 Å². The van der Waals surface area contributed by atoms with Gasteiger partial charge < -0.3 is 9.88 Å². The molecular weight excluding hydrogens is 530 g/mol. The summed E-state index contributed by atoms with van der Waals surface area (Å²) in [6.07, 6.45) is 6.23. The van der Waals surface area contributed by atoms with Gasteiger partial charge in [0.05, 0.1) is 11.3 Å². The number of carbonyl (C=O) groups excluding carboxylic acids is 1. The number of amides is 1. The Bertz CT molecular complexity index is 1480. The van der Waals surface area contributed by atoms with Gasteiger partial charge in [-0.15, -0.1) is 11.3 Å². The summed E-state index contributed by atoms with van der Waals surface area (Å²) in [6, 6.07) is 16.3. The summed E-state index contributed by atoms with van der Waals surface area (Å²) in [6.45, 7) is 8.33. The van der Waals surface area contributed by atoms with Gasteiger partial charge in [0, 0.05) is 38.2 Å². The molecule has 0 aliphatic heterocycles. The van der Waals surface area contributed by atoms with Crippen LogP contribution in [0.15, 0.2) is 58.0 Å². The predicted molar refractivity (Wildman–Crippen MR) is 155 cm³/mol. The third-order valence-electron chi connectivity index (χ3n) is 6.81. The second-order valence-corrected chi connectivity index (χ2v) is 11.5. The molecule has 1 aliphatic carbocycles. The van der Waals surface area contributed by atoms with Crippen LogP contribution in [-0.2, 0) is 12.8 Å². The molecule has 0 atom stereocenters. The fourth-order valence-corrected chi connectivity index (χ4v) is 6.95. The zero-order valence-electron chi connectivity index (χ0n) is 21.1. The molecule has 0 radical (unpaired) electrons. The first kappa shape index (κ1) is 24.7. The fraction of sp³-hybridized carbons (Fsp3) is 0.267. The number of hydrogen-bond acceptors (Lipinski definition) is 3. The van der Waals surface area contributed by atoms with Crippen LogP contribution in [0.25, 0.3) is 5.00 Å². The summed E-state index contributed by atoms with van der Waals surface area (Å²) in [5.41, 5.74) is 9.36. The zero-order chi connectivity index (χ0) is 25.4. The van der Waals surface area contributed by atoms with E-state index >= 15 is 0 Å². The largest absolute Gasteiger partial charge is 0.322 e. The number of aryl methyl sites for hydroxylation is 4. The molecule has 2 aromatic heterocycles. The molecule has 2 heterocycles. The number of fused-ring (bicyclic) bond motifs is 1. The Balaban J connectivity index is 1.55. The van der Waals surface area contributed by atoms with Crippen molar-refractivity contribution in [3.8, 4) is 5.00 Å². The molecule has 0 saturated carbocycles. The molecule has 1 N–H and O–H groups in total. The van der Waals surface area contributed by atoms with Crippen molar-refractivity contribution < 1.29 is 4.79 Å². The van der Waals surface area contributed by atoms with Crippen molar-refractivity contribution in [3.63, 3.8) is 0 Å². The zero-order valence-corrected chi connectivity index (χ0v) is 23.5. The highest BCUT2D eigenvalue weighted by molar-refractivity contribution is 9.10. The fourth-order valence-electron chi connectivity index (χ4n) is 4.86. The maximum absolute atomic E-state index is 13.7. The average molecular weight is 561 g/mol. The van der Waals surface area contributed by atoms with Gasteiger partial charge in [0.15, 0.2) is 0 Å². The van der Waals surface area contributed by atoms with Crippen LogP contribution >= 0.6 is 27.3 Å². The number of rotatable bonds is 5. The van der Waals surface area contributed by atoms with E-state index in [4.69, 9.17) is 4.99 Å². The van der Waals surface area contributed by atoms with Crippen molar-refractivity contribution in [2.24, 2.45) is 4.99 Å². The minimum Gasteiger partial charge on any atom is -0.322 e. The Morgan fingerprint density at radius 3 is 2.47 bits per heavy atom. The standard InChI is InChI=1S/C30H30BrN3OS/c1-18-9-12-23(13-10-18)33-29(35)28-24-7-5-6-8-27(24)36-30(28)34-20(3)16-22(21(34)4)17-32-26-14-11-19(2)15-25(26)31/h9-17H,5-8H2,1-4H3,(H,33,35). The maximum Gasteiger partial charge on any atom is 0.258 e. The molecule has 5 rings (SSSR count). The smallest absolute Gasteiger partial charge is 0.258 e. The number of carbonyl (C=O) groups is 1. The van der Waals surface area contributed by atoms with Crippen LogP contribution in [0.4, 0.5) is 11.4 Å². The molecule has 0 bridgehead atoms. The minimum absolute atomic E-state index is 0.0282. The number of hydrogen-bond donors (Lipinski definition) is 1. The first-order valence-electron chi connectivity index (χ1n) is 12.3. The van der Waals surface area contributed by atoms with Gasteiger partial charge in [-0.1, -0.05) is 23.8 Å². The van der Waals surface area contributed by atoms with Crippen LogP contribution in [0.1, 0.15) is 61.7 Å². The molecule has 0 unspecified atom stereocenters. The van der Waals surface area contributed by atoms with Crippen molar-refractivity contribution >= 4 is 50.8 Å². The van der Waals surface area contributed by atoms with Crippen molar-refractivity contribution in [1.82, 2.24) is 4.57 Å². The lowest BCUT2D eigenvalue weighted by Gasteiger charge is -2.14. The lowest BCUT2D eigenvalue weighted by molar-refractivity contribution is 0.102. The Labute approximate surface area is 225 Å². The molecular formula is C30H30BrN3OS. The van der Waals surface area contributed by atoms with Gasteiger partial charge in [0.1, 0.15) is 5.00 Å². The number of aromatic nitrogens is 1. The van der Waals surface area contributed by atoms with Crippen molar-refractivity contribution in [1.29, 1.82) is 0 Å². The maximum atomic E-state index is 13.7. The molecule has 1 amide bonds. The number of nitrogens with zero attached hydrogens (tertiary/aromatic N) is 2. The summed E-state index contributed by atoms with van der Waals surface area (Å²) < 4.78 is 3.21. The second kappa shape index (κ2) is 10.2. The Morgan fingerprint density at radius 2 is 1.72 bits per heavy atom. The number of anilines is 1. The molecule has 0 fully saturated rings. The number of thiophene rings is 1. The first-order chi connectivity index (χ1) is 17.3. The predicted octanol–water partition coefficient (Wildman–Crippen LogP) is 8.42. The number of halogens is 1.